The topological polar surface area (TPSA) is 74.6 Å². The molecule has 4 nitrogen and oxygen atoms in total. The maximum atomic E-state index is 10.3. The van der Waals surface area contributed by atoms with Gasteiger partial charge in [-0.25, -0.2) is 0 Å². The van der Waals surface area contributed by atoms with Crippen LogP contribution < -0.4 is 0 Å². The van der Waals surface area contributed by atoms with Crippen LogP contribution >= 0.6 is 0 Å². The highest BCUT2D eigenvalue weighted by molar-refractivity contribution is 6.14. The number of rotatable bonds is 0. The first-order valence-corrected chi connectivity index (χ1v) is 6.75. The van der Waals surface area contributed by atoms with Gasteiger partial charge in [-0.3, -0.25) is 9.59 Å². The van der Waals surface area contributed by atoms with E-state index in [-0.39, 0.29) is 26.4 Å². The van der Waals surface area contributed by atoms with E-state index in [9.17, 15) is 9.59 Å². The first-order chi connectivity index (χ1) is 9.58. The molecular formula is C18H32O4. The van der Waals surface area contributed by atoms with Gasteiger partial charge in [0.2, 0.25) is 0 Å². The predicted molar refractivity (Wildman–Crippen MR) is 94.7 cm³/mol. The zero-order chi connectivity index (χ0) is 16.0. The van der Waals surface area contributed by atoms with Gasteiger partial charge >= 0.3 is 0 Å². The quantitative estimate of drug-likeness (QED) is 0.531. The summed E-state index contributed by atoms with van der Waals surface area (Å²) in [4.78, 5) is 20.6. The van der Waals surface area contributed by atoms with Gasteiger partial charge in [-0.1, -0.05) is 66.9 Å². The minimum atomic E-state index is -0.501. The Morgan fingerprint density at radius 2 is 0.818 bits per heavy atom. The van der Waals surface area contributed by atoms with E-state index in [2.05, 4.69) is 0 Å². The van der Waals surface area contributed by atoms with Crippen LogP contribution in [-0.2, 0) is 9.59 Å². The molecule has 0 aromatic rings. The molecule has 2 aliphatic rings. The van der Waals surface area contributed by atoms with Crippen molar-refractivity contribution >= 4 is 11.6 Å². The number of hydrogen-bond acceptors (Lipinski definition) is 4. The second-order valence-electron chi connectivity index (χ2n) is 3.22. The number of aliphatic hydroxyl groups excluding tert-OH is 2. The van der Waals surface area contributed by atoms with Gasteiger partial charge in [-0.15, -0.1) is 0 Å². The molecule has 2 N–H and O–H groups in total. The van der Waals surface area contributed by atoms with E-state index in [0.29, 0.717) is 0 Å². The Kier molecular flexibility index (Phi) is 24.8. The van der Waals surface area contributed by atoms with Gasteiger partial charge < -0.3 is 10.2 Å². The van der Waals surface area contributed by atoms with Crippen molar-refractivity contribution in [2.24, 2.45) is 0 Å². The lowest BCUT2D eigenvalue weighted by Gasteiger charge is -2.05. The third kappa shape index (κ3) is 16.3. The van der Waals surface area contributed by atoms with E-state index in [4.69, 9.17) is 10.2 Å². The average molecular weight is 312 g/mol. The summed E-state index contributed by atoms with van der Waals surface area (Å²) in [5, 5.41) is 17.5. The van der Waals surface area contributed by atoms with Crippen LogP contribution in [0, 0.1) is 0 Å². The van der Waals surface area contributed by atoms with Crippen molar-refractivity contribution in [3.8, 4) is 0 Å². The van der Waals surface area contributed by atoms with E-state index in [0.717, 1.165) is 0 Å². The number of aliphatic hydroxyl groups is 2. The molecule has 2 rings (SSSR count). The summed E-state index contributed by atoms with van der Waals surface area (Å²) in [6.07, 6.45) is 10.2. The van der Waals surface area contributed by atoms with Crippen LogP contribution in [0.5, 0.6) is 0 Å². The van der Waals surface area contributed by atoms with E-state index in [1.165, 1.54) is 24.3 Å². The fourth-order valence-corrected chi connectivity index (χ4v) is 1.02. The molecule has 0 fully saturated rings. The van der Waals surface area contributed by atoms with Crippen molar-refractivity contribution in [3.05, 3.63) is 48.6 Å². The van der Waals surface area contributed by atoms with Crippen molar-refractivity contribution in [3.63, 3.8) is 0 Å². The van der Waals surface area contributed by atoms with Gasteiger partial charge in [-0.2, -0.15) is 0 Å². The number of carbonyl (C=O) groups excluding carboxylic acids is 2. The largest absolute Gasteiger partial charge is 0.385 e. The van der Waals surface area contributed by atoms with Crippen molar-refractivity contribution in [2.75, 3.05) is 0 Å². The van der Waals surface area contributed by atoms with Crippen LogP contribution in [0.2, 0.25) is 0 Å². The van der Waals surface area contributed by atoms with E-state index in [1.54, 1.807) is 24.3 Å². The molecule has 0 unspecified atom stereocenters. The molecule has 128 valence electrons. The van der Waals surface area contributed by atoms with Crippen LogP contribution in [0.3, 0.4) is 0 Å². The molecule has 0 aromatic heterocycles. The molecule has 0 atom stereocenters. The molecule has 0 amide bonds. The van der Waals surface area contributed by atoms with Gasteiger partial charge in [0, 0.05) is 0 Å². The van der Waals surface area contributed by atoms with Crippen LogP contribution in [0.4, 0.5) is 0 Å². The molecule has 4 heteroatoms. The standard InChI is InChI=1S/C6H8O2.C6H4O2.2C2H6.2CH4/c2*7-5-1-2-6(8)4-3-5;2*1-2;;/h1-8H;1-4H;2*1-2H3;2*1H4. The molecule has 2 aliphatic carbocycles. The number of ketones is 2. The van der Waals surface area contributed by atoms with Gasteiger partial charge in [-0.05, 0) is 24.3 Å². The van der Waals surface area contributed by atoms with Crippen LogP contribution in [0.15, 0.2) is 48.6 Å². The molecule has 0 saturated carbocycles. The average Bonchev–Trinajstić information content (AvgIpc) is 2.50. The van der Waals surface area contributed by atoms with Crippen molar-refractivity contribution in [1.29, 1.82) is 0 Å². The highest BCUT2D eigenvalue weighted by Gasteiger charge is 2.00. The maximum absolute atomic E-state index is 10.3. The molecule has 0 aromatic carbocycles. The van der Waals surface area contributed by atoms with E-state index >= 15 is 0 Å². The Bertz CT molecular complexity index is 324. The predicted octanol–water partition coefficient (Wildman–Crippen LogP) is 3.41. The lowest BCUT2D eigenvalue weighted by Crippen LogP contribution is -2.08. The SMILES string of the molecule is C.C.CC.CC.O=C1C=CC(=O)C=C1.OC1C=CC(O)C=C1. The molecule has 22 heavy (non-hydrogen) atoms. The summed E-state index contributed by atoms with van der Waals surface area (Å²) in [5.74, 6) is -0.241. The Morgan fingerprint density at radius 3 is 1.00 bits per heavy atom. The van der Waals surface area contributed by atoms with E-state index in [1.807, 2.05) is 27.7 Å². The normalized spacial score (nSPS) is 19.9. The Balaban J connectivity index is -0.000000112. The monoisotopic (exact) mass is 312 g/mol. The summed E-state index contributed by atoms with van der Waals surface area (Å²) in [7, 11) is 0. The zero-order valence-corrected chi connectivity index (χ0v) is 12.5. The van der Waals surface area contributed by atoms with Gasteiger partial charge in [0.05, 0.1) is 12.2 Å². The number of carbonyl (C=O) groups is 2. The Hall–Kier alpha value is -1.78. The molecule has 0 spiro atoms. The second kappa shape index (κ2) is 19.2. The fourth-order valence-electron chi connectivity index (χ4n) is 1.02. The molecule has 0 saturated heterocycles. The van der Waals surface area contributed by atoms with Gasteiger partial charge in [0.15, 0.2) is 11.6 Å². The van der Waals surface area contributed by atoms with Crippen LogP contribution in [-0.4, -0.2) is 34.0 Å². The fraction of sp³-hybridized carbons (Fsp3) is 0.444. The first kappa shape index (κ1) is 28.4. The highest BCUT2D eigenvalue weighted by Crippen LogP contribution is 2.00. The Labute approximate surface area is 135 Å². The van der Waals surface area contributed by atoms with E-state index < -0.39 is 12.2 Å². The summed E-state index contributed by atoms with van der Waals surface area (Å²) >= 11 is 0. The lowest BCUT2D eigenvalue weighted by molar-refractivity contribution is -0.113. The summed E-state index contributed by atoms with van der Waals surface area (Å²) < 4.78 is 0. The maximum Gasteiger partial charge on any atom is 0.178 e. The molecule has 0 bridgehead atoms. The molecule has 0 heterocycles. The summed E-state index contributed by atoms with van der Waals surface area (Å²) in [6, 6.07) is 0. The smallest absolute Gasteiger partial charge is 0.178 e. The van der Waals surface area contributed by atoms with Gasteiger partial charge in [0.1, 0.15) is 0 Å². The molecular weight excluding hydrogens is 280 g/mol. The van der Waals surface area contributed by atoms with Gasteiger partial charge in [0.25, 0.3) is 0 Å². The molecule has 0 aliphatic heterocycles. The van der Waals surface area contributed by atoms with Crippen molar-refractivity contribution in [2.45, 2.75) is 54.8 Å². The lowest BCUT2D eigenvalue weighted by atomic mass is 10.1. The van der Waals surface area contributed by atoms with Crippen molar-refractivity contribution in [1.82, 2.24) is 0 Å². The Morgan fingerprint density at radius 1 is 0.636 bits per heavy atom. The number of hydrogen-bond donors (Lipinski definition) is 2. The minimum absolute atomic E-state index is 0. The van der Waals surface area contributed by atoms with Crippen molar-refractivity contribution < 1.29 is 19.8 Å². The first-order valence-electron chi connectivity index (χ1n) is 6.75. The summed E-state index contributed by atoms with van der Waals surface area (Å²) in [6.45, 7) is 8.00. The van der Waals surface area contributed by atoms with Crippen LogP contribution in [0.1, 0.15) is 42.5 Å². The third-order valence-electron chi connectivity index (χ3n) is 1.83. The molecule has 0 radical (unpaired) electrons. The summed E-state index contributed by atoms with van der Waals surface area (Å²) in [5.41, 5.74) is 0. The second-order valence-corrected chi connectivity index (χ2v) is 3.22. The van der Waals surface area contributed by atoms with Crippen LogP contribution in [0.25, 0.3) is 0 Å². The number of allylic oxidation sites excluding steroid dienone is 4. The zero-order valence-electron chi connectivity index (χ0n) is 12.5. The third-order valence-corrected chi connectivity index (χ3v) is 1.83. The highest BCUT2D eigenvalue weighted by atomic mass is 16.3. The minimum Gasteiger partial charge on any atom is -0.385 e.